The van der Waals surface area contributed by atoms with Gasteiger partial charge in [-0.05, 0) is 18.6 Å². The Morgan fingerprint density at radius 1 is 1.35 bits per heavy atom. The van der Waals surface area contributed by atoms with Gasteiger partial charge in [-0.25, -0.2) is 4.98 Å². The molecule has 1 N–H and O–H groups in total. The van der Waals surface area contributed by atoms with Gasteiger partial charge in [0.1, 0.15) is 5.82 Å². The molecule has 0 bridgehead atoms. The molecule has 3 rings (SSSR count). The summed E-state index contributed by atoms with van der Waals surface area (Å²) in [4.78, 5) is 11.1. The molecular weight excluding hydrogens is 254 g/mol. The van der Waals surface area contributed by atoms with Crippen LogP contribution in [0.25, 0.3) is 11.5 Å². The molecule has 1 fully saturated rings. The molecule has 0 spiro atoms. The van der Waals surface area contributed by atoms with E-state index in [0.717, 1.165) is 56.2 Å². The molecule has 0 saturated carbocycles. The van der Waals surface area contributed by atoms with Gasteiger partial charge < -0.3 is 14.7 Å². The average molecular weight is 273 g/mol. The Hall–Kier alpha value is -1.95. The van der Waals surface area contributed by atoms with E-state index < -0.39 is 0 Å². The van der Waals surface area contributed by atoms with Crippen LogP contribution in [-0.4, -0.2) is 41.3 Å². The average Bonchev–Trinajstić information content (AvgIpc) is 2.97. The lowest BCUT2D eigenvalue weighted by molar-refractivity contribution is 0.422. The van der Waals surface area contributed by atoms with Gasteiger partial charge in [0.2, 0.25) is 0 Å². The first-order valence-electron chi connectivity index (χ1n) is 7.11. The Kier molecular flexibility index (Phi) is 3.92. The monoisotopic (exact) mass is 273 g/mol. The maximum Gasteiger partial charge on any atom is 0.258 e. The number of nitrogens with one attached hydrogen (secondary N) is 1. The summed E-state index contributed by atoms with van der Waals surface area (Å²) in [6.45, 7) is 6.04. The van der Waals surface area contributed by atoms with Crippen LogP contribution in [0.4, 0.5) is 5.82 Å². The number of aryl methyl sites for hydroxylation is 1. The van der Waals surface area contributed by atoms with Gasteiger partial charge in [0.25, 0.3) is 5.89 Å². The summed E-state index contributed by atoms with van der Waals surface area (Å²) >= 11 is 0. The van der Waals surface area contributed by atoms with Gasteiger partial charge in [0.05, 0.1) is 0 Å². The number of aromatic nitrogens is 3. The molecule has 1 saturated heterocycles. The van der Waals surface area contributed by atoms with Crippen LogP contribution < -0.4 is 10.2 Å². The fourth-order valence-electron chi connectivity index (χ4n) is 2.31. The Morgan fingerprint density at radius 2 is 2.20 bits per heavy atom. The van der Waals surface area contributed by atoms with E-state index in [1.165, 1.54) is 0 Å². The number of hydrogen-bond acceptors (Lipinski definition) is 6. The molecule has 2 aromatic heterocycles. The summed E-state index contributed by atoms with van der Waals surface area (Å²) in [6.07, 6.45) is 3.66. The number of rotatable bonds is 4. The fourth-order valence-corrected chi connectivity index (χ4v) is 2.31. The molecular formula is C14H19N5O. The minimum atomic E-state index is 0.576. The Morgan fingerprint density at radius 3 is 3.00 bits per heavy atom. The van der Waals surface area contributed by atoms with E-state index in [2.05, 4.69) is 32.3 Å². The number of nitrogens with zero attached hydrogens (tertiary/aromatic N) is 4. The van der Waals surface area contributed by atoms with Crippen LogP contribution in [-0.2, 0) is 6.42 Å². The molecule has 0 amide bonds. The van der Waals surface area contributed by atoms with E-state index in [1.54, 1.807) is 6.20 Å². The second-order valence-electron chi connectivity index (χ2n) is 4.91. The molecule has 0 unspecified atom stereocenters. The lowest BCUT2D eigenvalue weighted by Crippen LogP contribution is -2.43. The third-order valence-corrected chi connectivity index (χ3v) is 3.38. The van der Waals surface area contributed by atoms with Gasteiger partial charge in [-0.1, -0.05) is 12.1 Å². The van der Waals surface area contributed by atoms with Crippen molar-refractivity contribution in [1.82, 2.24) is 20.4 Å². The lowest BCUT2D eigenvalue weighted by atomic mass is 10.2. The van der Waals surface area contributed by atoms with Crippen molar-refractivity contribution in [2.75, 3.05) is 31.1 Å². The molecule has 1 aliphatic rings. The quantitative estimate of drug-likeness (QED) is 0.910. The fraction of sp³-hybridized carbons (Fsp3) is 0.500. The highest BCUT2D eigenvalue weighted by Crippen LogP contribution is 2.21. The van der Waals surface area contributed by atoms with Crippen LogP contribution in [0.1, 0.15) is 19.2 Å². The highest BCUT2D eigenvalue weighted by molar-refractivity contribution is 5.58. The zero-order valence-corrected chi connectivity index (χ0v) is 11.7. The third-order valence-electron chi connectivity index (χ3n) is 3.38. The van der Waals surface area contributed by atoms with Crippen molar-refractivity contribution in [1.29, 1.82) is 0 Å². The number of anilines is 1. The van der Waals surface area contributed by atoms with Gasteiger partial charge in [-0.3, -0.25) is 0 Å². The standard InChI is InChI=1S/C14H19N5O/c1-2-3-12-17-14(20-18-12)11-4-5-16-13(10-11)19-8-6-15-7-9-19/h4-5,10,15H,2-3,6-9H2,1H3. The lowest BCUT2D eigenvalue weighted by Gasteiger charge is -2.28. The highest BCUT2D eigenvalue weighted by atomic mass is 16.5. The Labute approximate surface area is 118 Å². The highest BCUT2D eigenvalue weighted by Gasteiger charge is 2.14. The van der Waals surface area contributed by atoms with Crippen LogP contribution in [0.2, 0.25) is 0 Å². The molecule has 3 heterocycles. The van der Waals surface area contributed by atoms with Crippen molar-refractivity contribution in [2.24, 2.45) is 0 Å². The van der Waals surface area contributed by atoms with E-state index in [-0.39, 0.29) is 0 Å². The van der Waals surface area contributed by atoms with E-state index in [0.29, 0.717) is 5.89 Å². The van der Waals surface area contributed by atoms with Gasteiger partial charge in [0, 0.05) is 44.4 Å². The maximum absolute atomic E-state index is 5.33. The normalized spacial score (nSPS) is 15.6. The van der Waals surface area contributed by atoms with Crippen molar-refractivity contribution < 1.29 is 4.52 Å². The van der Waals surface area contributed by atoms with Gasteiger partial charge in [-0.2, -0.15) is 4.98 Å². The number of piperazine rings is 1. The molecule has 0 aromatic carbocycles. The Balaban J connectivity index is 1.82. The smallest absolute Gasteiger partial charge is 0.258 e. The molecule has 106 valence electrons. The molecule has 0 aliphatic carbocycles. The van der Waals surface area contributed by atoms with Crippen LogP contribution in [0.15, 0.2) is 22.9 Å². The Bertz CT molecular complexity index is 562. The largest absolute Gasteiger partial charge is 0.354 e. The van der Waals surface area contributed by atoms with Crippen molar-refractivity contribution in [3.63, 3.8) is 0 Å². The first kappa shape index (κ1) is 13.1. The zero-order chi connectivity index (χ0) is 13.8. The summed E-state index contributed by atoms with van der Waals surface area (Å²) in [5.41, 5.74) is 0.934. The topological polar surface area (TPSA) is 67.1 Å². The first-order valence-corrected chi connectivity index (χ1v) is 7.11. The van der Waals surface area contributed by atoms with Gasteiger partial charge >= 0.3 is 0 Å². The molecule has 1 aliphatic heterocycles. The predicted octanol–water partition coefficient (Wildman–Crippen LogP) is 1.49. The van der Waals surface area contributed by atoms with Crippen molar-refractivity contribution in [3.8, 4) is 11.5 Å². The molecule has 20 heavy (non-hydrogen) atoms. The second kappa shape index (κ2) is 6.00. The van der Waals surface area contributed by atoms with E-state index in [9.17, 15) is 0 Å². The van der Waals surface area contributed by atoms with Crippen LogP contribution in [0.3, 0.4) is 0 Å². The van der Waals surface area contributed by atoms with Crippen LogP contribution in [0.5, 0.6) is 0 Å². The molecule has 6 nitrogen and oxygen atoms in total. The third kappa shape index (κ3) is 2.80. The molecule has 2 aromatic rings. The number of pyridine rings is 1. The minimum absolute atomic E-state index is 0.576. The molecule has 0 radical (unpaired) electrons. The number of hydrogen-bond donors (Lipinski definition) is 1. The van der Waals surface area contributed by atoms with Crippen molar-refractivity contribution in [2.45, 2.75) is 19.8 Å². The first-order chi connectivity index (χ1) is 9.86. The van der Waals surface area contributed by atoms with Crippen molar-refractivity contribution >= 4 is 5.82 Å². The van der Waals surface area contributed by atoms with Crippen molar-refractivity contribution in [3.05, 3.63) is 24.2 Å². The van der Waals surface area contributed by atoms with Gasteiger partial charge in [0.15, 0.2) is 5.82 Å². The predicted molar refractivity (Wildman–Crippen MR) is 76.6 cm³/mol. The summed E-state index contributed by atoms with van der Waals surface area (Å²) in [5, 5.41) is 7.33. The van der Waals surface area contributed by atoms with Crippen LogP contribution in [0, 0.1) is 0 Å². The summed E-state index contributed by atoms with van der Waals surface area (Å²) in [5.74, 6) is 2.31. The molecule has 0 atom stereocenters. The van der Waals surface area contributed by atoms with E-state index in [4.69, 9.17) is 4.52 Å². The van der Waals surface area contributed by atoms with E-state index >= 15 is 0 Å². The maximum atomic E-state index is 5.33. The minimum Gasteiger partial charge on any atom is -0.354 e. The summed E-state index contributed by atoms with van der Waals surface area (Å²) in [6, 6.07) is 3.93. The zero-order valence-electron chi connectivity index (χ0n) is 11.7. The summed E-state index contributed by atoms with van der Waals surface area (Å²) in [7, 11) is 0. The van der Waals surface area contributed by atoms with Gasteiger partial charge in [-0.15, -0.1) is 0 Å². The van der Waals surface area contributed by atoms with Crippen LogP contribution >= 0.6 is 0 Å². The SMILES string of the molecule is CCCc1noc(-c2ccnc(N3CCNCC3)c2)n1. The second-order valence-corrected chi connectivity index (χ2v) is 4.91. The summed E-state index contributed by atoms with van der Waals surface area (Å²) < 4.78 is 5.33. The molecule has 6 heteroatoms. The van der Waals surface area contributed by atoms with E-state index in [1.807, 2.05) is 12.1 Å².